The number of halogens is 4. The molecule has 0 radical (unpaired) electrons. The van der Waals surface area contributed by atoms with E-state index in [0.717, 1.165) is 22.2 Å². The van der Waals surface area contributed by atoms with E-state index < -0.39 is 18.2 Å². The molecule has 7 heteroatoms. The molecule has 0 aliphatic carbocycles. The number of aryl methyl sites for hydroxylation is 1. The number of hydrogen-bond acceptors (Lipinski definition) is 3. The third-order valence-electron chi connectivity index (χ3n) is 2.77. The number of nitrogens with one attached hydrogen (secondary N) is 1. The van der Waals surface area contributed by atoms with Crippen molar-refractivity contribution in [2.24, 2.45) is 0 Å². The van der Waals surface area contributed by atoms with Gasteiger partial charge in [0.2, 0.25) is 0 Å². The Morgan fingerprint density at radius 1 is 1.24 bits per heavy atom. The predicted octanol–water partition coefficient (Wildman–Crippen LogP) is 4.82. The van der Waals surface area contributed by atoms with Crippen LogP contribution in [0.3, 0.4) is 0 Å². The molecule has 0 aliphatic rings. The van der Waals surface area contributed by atoms with Gasteiger partial charge in [-0.25, -0.2) is 4.39 Å². The molecule has 0 saturated heterocycles. The highest BCUT2D eigenvalue weighted by molar-refractivity contribution is 9.10. The molecule has 3 N–H and O–H groups in total. The van der Waals surface area contributed by atoms with E-state index in [1.807, 2.05) is 13.0 Å². The second-order valence-corrected chi connectivity index (χ2v) is 5.19. The van der Waals surface area contributed by atoms with Gasteiger partial charge in [0.25, 0.3) is 0 Å². The summed E-state index contributed by atoms with van der Waals surface area (Å²) in [4.78, 5) is 0. The Labute approximate surface area is 128 Å². The molecule has 0 fully saturated rings. The first kappa shape index (κ1) is 15.5. The Balaban J connectivity index is 2.32. The molecule has 0 aliphatic heterocycles. The number of benzene rings is 2. The van der Waals surface area contributed by atoms with Crippen molar-refractivity contribution in [2.45, 2.75) is 13.5 Å². The van der Waals surface area contributed by atoms with Crippen LogP contribution in [-0.4, -0.2) is 6.61 Å². The summed E-state index contributed by atoms with van der Waals surface area (Å²) in [5.74, 6) is -1.50. The van der Waals surface area contributed by atoms with Gasteiger partial charge in [0.1, 0.15) is 0 Å². The zero-order valence-electron chi connectivity index (χ0n) is 11.0. The number of rotatable bonds is 4. The fourth-order valence-electron chi connectivity index (χ4n) is 1.69. The van der Waals surface area contributed by atoms with Crippen LogP contribution in [0.4, 0.5) is 30.2 Å². The molecule has 2 rings (SSSR count). The summed E-state index contributed by atoms with van der Waals surface area (Å²) in [7, 11) is 0. The van der Waals surface area contributed by atoms with Crippen molar-refractivity contribution in [3.8, 4) is 5.75 Å². The Morgan fingerprint density at radius 2 is 1.95 bits per heavy atom. The lowest BCUT2D eigenvalue weighted by Crippen LogP contribution is -2.05. The average molecular weight is 361 g/mol. The number of ether oxygens (including phenoxy) is 1. The van der Waals surface area contributed by atoms with Crippen molar-refractivity contribution in [1.29, 1.82) is 0 Å². The van der Waals surface area contributed by atoms with Crippen LogP contribution in [0.2, 0.25) is 0 Å². The minimum Gasteiger partial charge on any atom is -0.432 e. The van der Waals surface area contributed by atoms with Crippen molar-refractivity contribution >= 4 is 33.0 Å². The molecular formula is C14H12BrF3N2O. The first-order valence-corrected chi connectivity index (χ1v) is 6.73. The third-order valence-corrected chi connectivity index (χ3v) is 3.63. The molecule has 0 aromatic heterocycles. The van der Waals surface area contributed by atoms with Gasteiger partial charge in [0.15, 0.2) is 11.6 Å². The van der Waals surface area contributed by atoms with Gasteiger partial charge in [-0.3, -0.25) is 0 Å². The van der Waals surface area contributed by atoms with Crippen molar-refractivity contribution < 1.29 is 17.9 Å². The number of anilines is 3. The second-order valence-electron chi connectivity index (χ2n) is 4.34. The van der Waals surface area contributed by atoms with E-state index in [1.54, 1.807) is 12.1 Å². The van der Waals surface area contributed by atoms with Crippen LogP contribution in [0, 0.1) is 12.7 Å². The molecule has 2 aromatic carbocycles. The molecule has 0 amide bonds. The maximum absolute atomic E-state index is 13.5. The Hall–Kier alpha value is -1.89. The van der Waals surface area contributed by atoms with Crippen molar-refractivity contribution in [3.63, 3.8) is 0 Å². The Morgan fingerprint density at radius 3 is 2.57 bits per heavy atom. The van der Waals surface area contributed by atoms with Gasteiger partial charge >= 0.3 is 6.61 Å². The van der Waals surface area contributed by atoms with E-state index in [2.05, 4.69) is 26.0 Å². The number of hydrogen-bond donors (Lipinski definition) is 2. The first-order valence-electron chi connectivity index (χ1n) is 5.94. The van der Waals surface area contributed by atoms with E-state index in [0.29, 0.717) is 5.69 Å². The van der Waals surface area contributed by atoms with Crippen molar-refractivity contribution in [3.05, 3.63) is 46.2 Å². The SMILES string of the molecule is Cc1ccc(Nc2cc(OC(F)F)c(F)cc2N)cc1Br. The van der Waals surface area contributed by atoms with Crippen LogP contribution < -0.4 is 15.8 Å². The molecular weight excluding hydrogens is 349 g/mol. The smallest absolute Gasteiger partial charge is 0.387 e. The lowest BCUT2D eigenvalue weighted by molar-refractivity contribution is -0.0521. The highest BCUT2D eigenvalue weighted by Gasteiger charge is 2.13. The van der Waals surface area contributed by atoms with Gasteiger partial charge in [0.05, 0.1) is 11.4 Å². The zero-order valence-corrected chi connectivity index (χ0v) is 12.5. The first-order chi connectivity index (χ1) is 9.86. The minimum absolute atomic E-state index is 0.0887. The van der Waals surface area contributed by atoms with Gasteiger partial charge in [-0.05, 0) is 24.6 Å². The van der Waals surface area contributed by atoms with Crippen LogP contribution >= 0.6 is 15.9 Å². The maximum atomic E-state index is 13.5. The van der Waals surface area contributed by atoms with E-state index in [-0.39, 0.29) is 11.4 Å². The van der Waals surface area contributed by atoms with Crippen molar-refractivity contribution in [1.82, 2.24) is 0 Å². The van der Waals surface area contributed by atoms with E-state index in [9.17, 15) is 13.2 Å². The van der Waals surface area contributed by atoms with Gasteiger partial charge < -0.3 is 15.8 Å². The standard InChI is InChI=1S/C14H12BrF3N2O/c1-7-2-3-8(4-9(7)15)20-12-6-13(21-14(17)18)10(16)5-11(12)19/h2-6,14,20H,19H2,1H3. The monoisotopic (exact) mass is 360 g/mol. The summed E-state index contributed by atoms with van der Waals surface area (Å²) in [5, 5.41) is 2.93. The number of alkyl halides is 2. The summed E-state index contributed by atoms with van der Waals surface area (Å²) in [6, 6.07) is 7.48. The van der Waals surface area contributed by atoms with Crippen LogP contribution in [0.5, 0.6) is 5.75 Å². The van der Waals surface area contributed by atoms with Gasteiger partial charge in [0, 0.05) is 22.3 Å². The molecule has 112 valence electrons. The molecule has 0 spiro atoms. The van der Waals surface area contributed by atoms with Crippen LogP contribution in [0.25, 0.3) is 0 Å². The molecule has 21 heavy (non-hydrogen) atoms. The molecule has 0 saturated carbocycles. The molecule has 2 aromatic rings. The van der Waals surface area contributed by atoms with Crippen LogP contribution in [0.15, 0.2) is 34.8 Å². The second kappa shape index (κ2) is 6.26. The molecule has 0 atom stereocenters. The molecule has 0 bridgehead atoms. The van der Waals surface area contributed by atoms with Gasteiger partial charge in [-0.15, -0.1) is 0 Å². The fourth-order valence-corrected chi connectivity index (χ4v) is 2.07. The number of nitrogen functional groups attached to an aromatic ring is 1. The quantitative estimate of drug-likeness (QED) is 0.768. The lowest BCUT2D eigenvalue weighted by atomic mass is 10.2. The summed E-state index contributed by atoms with van der Waals surface area (Å²) >= 11 is 3.38. The highest BCUT2D eigenvalue weighted by atomic mass is 79.9. The van der Waals surface area contributed by atoms with Gasteiger partial charge in [-0.1, -0.05) is 22.0 Å². The summed E-state index contributed by atoms with van der Waals surface area (Å²) in [5.41, 5.74) is 7.76. The molecule has 3 nitrogen and oxygen atoms in total. The summed E-state index contributed by atoms with van der Waals surface area (Å²) < 4.78 is 42.9. The van der Waals surface area contributed by atoms with Crippen LogP contribution in [0.1, 0.15) is 5.56 Å². The minimum atomic E-state index is -3.11. The Bertz CT molecular complexity index is 665. The highest BCUT2D eigenvalue weighted by Crippen LogP contribution is 2.32. The zero-order chi connectivity index (χ0) is 15.6. The average Bonchev–Trinajstić information content (AvgIpc) is 2.39. The molecule has 0 heterocycles. The third kappa shape index (κ3) is 3.81. The molecule has 0 unspecified atom stereocenters. The maximum Gasteiger partial charge on any atom is 0.387 e. The number of nitrogens with two attached hydrogens (primary N) is 1. The largest absolute Gasteiger partial charge is 0.432 e. The predicted molar refractivity (Wildman–Crippen MR) is 79.6 cm³/mol. The fraction of sp³-hybridized carbons (Fsp3) is 0.143. The summed E-state index contributed by atoms with van der Waals surface area (Å²) in [6.45, 7) is -1.18. The topological polar surface area (TPSA) is 47.3 Å². The van der Waals surface area contributed by atoms with E-state index in [1.165, 1.54) is 0 Å². The normalized spacial score (nSPS) is 10.8. The Kier molecular flexibility index (Phi) is 4.62. The van der Waals surface area contributed by atoms with Crippen LogP contribution in [-0.2, 0) is 0 Å². The van der Waals surface area contributed by atoms with Crippen molar-refractivity contribution in [2.75, 3.05) is 11.1 Å². The van der Waals surface area contributed by atoms with Gasteiger partial charge in [-0.2, -0.15) is 8.78 Å². The van der Waals surface area contributed by atoms with E-state index >= 15 is 0 Å². The summed E-state index contributed by atoms with van der Waals surface area (Å²) in [6.07, 6.45) is 0. The lowest BCUT2D eigenvalue weighted by Gasteiger charge is -2.13. The van der Waals surface area contributed by atoms with E-state index in [4.69, 9.17) is 5.73 Å².